The van der Waals surface area contributed by atoms with Crippen LogP contribution >= 0.6 is 0 Å². The molecule has 1 aliphatic rings. The summed E-state index contributed by atoms with van der Waals surface area (Å²) < 4.78 is 36.9. The predicted octanol–water partition coefficient (Wildman–Crippen LogP) is 1.01. The molecule has 88 valence electrons. The normalized spacial score (nSPS) is 25.1. The first-order valence-corrected chi connectivity index (χ1v) is 4.91. The number of nitrogens with one attached hydrogen (secondary N) is 1. The number of hydrogen-bond donors (Lipinski definition) is 1. The maximum Gasteiger partial charge on any atom is 0.400 e. The van der Waals surface area contributed by atoms with Crippen LogP contribution < -0.4 is 5.32 Å². The van der Waals surface area contributed by atoms with Crippen molar-refractivity contribution < 1.29 is 18.0 Å². The number of rotatable bonds is 1. The van der Waals surface area contributed by atoms with Gasteiger partial charge in [-0.05, 0) is 13.8 Å². The second-order valence-corrected chi connectivity index (χ2v) is 3.90. The number of nitrogens with zero attached hydrogens (tertiary/aromatic N) is 1. The van der Waals surface area contributed by atoms with Crippen molar-refractivity contribution in [2.24, 2.45) is 5.92 Å². The third-order valence-electron chi connectivity index (χ3n) is 2.54. The van der Waals surface area contributed by atoms with E-state index in [0.29, 0.717) is 19.6 Å². The van der Waals surface area contributed by atoms with Crippen molar-refractivity contribution in [2.45, 2.75) is 26.1 Å². The molecule has 6 heteroatoms. The van der Waals surface area contributed by atoms with Crippen molar-refractivity contribution in [3.63, 3.8) is 0 Å². The first-order chi connectivity index (χ1) is 6.82. The van der Waals surface area contributed by atoms with Crippen molar-refractivity contribution >= 4 is 5.91 Å². The van der Waals surface area contributed by atoms with Gasteiger partial charge < -0.3 is 10.2 Å². The Hall–Kier alpha value is -0.780. The summed E-state index contributed by atoms with van der Waals surface area (Å²) in [6, 6.07) is 0.0585. The summed E-state index contributed by atoms with van der Waals surface area (Å²) in [5.74, 6) is -2.72. The van der Waals surface area contributed by atoms with Crippen molar-refractivity contribution in [2.75, 3.05) is 19.6 Å². The third kappa shape index (κ3) is 3.09. The predicted molar refractivity (Wildman–Crippen MR) is 49.3 cm³/mol. The van der Waals surface area contributed by atoms with Gasteiger partial charge in [0.25, 0.3) is 0 Å². The van der Waals surface area contributed by atoms with Crippen LogP contribution in [-0.4, -0.2) is 42.7 Å². The van der Waals surface area contributed by atoms with E-state index < -0.39 is 18.0 Å². The van der Waals surface area contributed by atoms with E-state index in [9.17, 15) is 18.0 Å². The number of amides is 1. The summed E-state index contributed by atoms with van der Waals surface area (Å²) in [4.78, 5) is 12.7. The molecule has 0 aromatic carbocycles. The van der Waals surface area contributed by atoms with Gasteiger partial charge in [0, 0.05) is 25.7 Å². The van der Waals surface area contributed by atoms with E-state index >= 15 is 0 Å². The molecular formula is C9H15F3N2O. The molecule has 0 aromatic rings. The molecule has 1 unspecified atom stereocenters. The molecule has 1 amide bonds. The number of carbonyl (C=O) groups is 1. The maximum atomic E-state index is 12.3. The second kappa shape index (κ2) is 4.38. The smallest absolute Gasteiger partial charge is 0.339 e. The van der Waals surface area contributed by atoms with Gasteiger partial charge in [0.15, 0.2) is 0 Å². The highest BCUT2D eigenvalue weighted by atomic mass is 19.4. The minimum atomic E-state index is -4.44. The molecule has 15 heavy (non-hydrogen) atoms. The van der Waals surface area contributed by atoms with Crippen molar-refractivity contribution in [3.05, 3.63) is 0 Å². The van der Waals surface area contributed by atoms with Crippen LogP contribution in [-0.2, 0) is 4.79 Å². The van der Waals surface area contributed by atoms with Gasteiger partial charge in [-0.2, -0.15) is 13.2 Å². The lowest BCUT2D eigenvalue weighted by Crippen LogP contribution is -2.53. The average Bonchev–Trinajstić information content (AvgIpc) is 2.14. The molecule has 1 fully saturated rings. The molecular weight excluding hydrogens is 209 g/mol. The largest absolute Gasteiger partial charge is 0.400 e. The van der Waals surface area contributed by atoms with Crippen LogP contribution in [0.1, 0.15) is 13.8 Å². The summed E-state index contributed by atoms with van der Waals surface area (Å²) in [7, 11) is 0. The van der Waals surface area contributed by atoms with Crippen LogP contribution in [0.3, 0.4) is 0 Å². The topological polar surface area (TPSA) is 32.3 Å². The Balaban J connectivity index is 2.60. The SMILES string of the molecule is CC(C(=O)N1CCN[C@H](C)C1)C(F)(F)F. The Morgan fingerprint density at radius 2 is 2.13 bits per heavy atom. The van der Waals surface area contributed by atoms with E-state index in [1.807, 2.05) is 6.92 Å². The molecule has 0 bridgehead atoms. The van der Waals surface area contributed by atoms with Crippen LogP contribution in [0.2, 0.25) is 0 Å². The molecule has 1 rings (SSSR count). The van der Waals surface area contributed by atoms with Gasteiger partial charge in [0.05, 0.1) is 0 Å². The van der Waals surface area contributed by atoms with E-state index in [1.165, 1.54) is 4.90 Å². The zero-order valence-electron chi connectivity index (χ0n) is 8.77. The Morgan fingerprint density at radius 3 is 2.60 bits per heavy atom. The zero-order valence-corrected chi connectivity index (χ0v) is 8.77. The molecule has 0 aromatic heterocycles. The minimum absolute atomic E-state index is 0.0585. The average molecular weight is 224 g/mol. The van der Waals surface area contributed by atoms with Crippen LogP contribution in [0.4, 0.5) is 13.2 Å². The van der Waals surface area contributed by atoms with Gasteiger partial charge in [0.1, 0.15) is 5.92 Å². The summed E-state index contributed by atoms with van der Waals surface area (Å²) in [5.41, 5.74) is 0. The summed E-state index contributed by atoms with van der Waals surface area (Å²) >= 11 is 0. The van der Waals surface area contributed by atoms with E-state index in [1.54, 1.807) is 0 Å². The Morgan fingerprint density at radius 1 is 1.53 bits per heavy atom. The van der Waals surface area contributed by atoms with Gasteiger partial charge >= 0.3 is 6.18 Å². The highest BCUT2D eigenvalue weighted by Crippen LogP contribution is 2.27. The number of carbonyl (C=O) groups excluding carboxylic acids is 1. The third-order valence-corrected chi connectivity index (χ3v) is 2.54. The molecule has 0 aliphatic carbocycles. The lowest BCUT2D eigenvalue weighted by molar-refractivity contribution is -0.186. The van der Waals surface area contributed by atoms with Crippen LogP contribution in [0.25, 0.3) is 0 Å². The van der Waals surface area contributed by atoms with Gasteiger partial charge in [-0.25, -0.2) is 0 Å². The lowest BCUT2D eigenvalue weighted by atomic mass is 10.1. The molecule has 3 nitrogen and oxygen atoms in total. The molecule has 2 atom stereocenters. The van der Waals surface area contributed by atoms with Crippen molar-refractivity contribution in [3.8, 4) is 0 Å². The highest BCUT2D eigenvalue weighted by Gasteiger charge is 2.43. The first kappa shape index (κ1) is 12.3. The maximum absolute atomic E-state index is 12.3. The molecule has 1 heterocycles. The van der Waals surface area contributed by atoms with Gasteiger partial charge in [0.2, 0.25) is 5.91 Å². The highest BCUT2D eigenvalue weighted by molar-refractivity contribution is 5.79. The van der Waals surface area contributed by atoms with E-state index in [4.69, 9.17) is 0 Å². The van der Waals surface area contributed by atoms with Crippen LogP contribution in [0.5, 0.6) is 0 Å². The molecule has 0 radical (unpaired) electrons. The van der Waals surface area contributed by atoms with Gasteiger partial charge in [-0.1, -0.05) is 0 Å². The van der Waals surface area contributed by atoms with Crippen LogP contribution in [0.15, 0.2) is 0 Å². The number of alkyl halides is 3. The van der Waals surface area contributed by atoms with E-state index in [0.717, 1.165) is 6.92 Å². The summed E-state index contributed by atoms with van der Waals surface area (Å²) in [6.07, 6.45) is -4.44. The standard InChI is InChI=1S/C9H15F3N2O/c1-6-5-14(4-3-13-6)8(15)7(2)9(10,11)12/h6-7,13H,3-5H2,1-2H3/t6-,7?/m1/s1. The molecule has 0 spiro atoms. The first-order valence-electron chi connectivity index (χ1n) is 4.91. The Bertz CT molecular complexity index is 242. The molecule has 1 aliphatic heterocycles. The molecule has 1 N–H and O–H groups in total. The van der Waals surface area contributed by atoms with Gasteiger partial charge in [-0.3, -0.25) is 4.79 Å². The molecule has 1 saturated heterocycles. The lowest BCUT2D eigenvalue weighted by Gasteiger charge is -2.33. The second-order valence-electron chi connectivity index (χ2n) is 3.90. The molecule has 0 saturated carbocycles. The minimum Gasteiger partial charge on any atom is -0.339 e. The fourth-order valence-electron chi connectivity index (χ4n) is 1.55. The van der Waals surface area contributed by atoms with Crippen LogP contribution in [0, 0.1) is 5.92 Å². The van der Waals surface area contributed by atoms with E-state index in [-0.39, 0.29) is 6.04 Å². The summed E-state index contributed by atoms with van der Waals surface area (Å²) in [6.45, 7) is 4.01. The zero-order chi connectivity index (χ0) is 11.6. The Kier molecular flexibility index (Phi) is 3.59. The number of piperazine rings is 1. The van der Waals surface area contributed by atoms with Crippen molar-refractivity contribution in [1.82, 2.24) is 10.2 Å². The quantitative estimate of drug-likeness (QED) is 0.720. The fourth-order valence-corrected chi connectivity index (χ4v) is 1.55. The fraction of sp³-hybridized carbons (Fsp3) is 0.889. The van der Waals surface area contributed by atoms with Crippen molar-refractivity contribution in [1.29, 1.82) is 0 Å². The monoisotopic (exact) mass is 224 g/mol. The van der Waals surface area contributed by atoms with Gasteiger partial charge in [-0.15, -0.1) is 0 Å². The number of hydrogen-bond acceptors (Lipinski definition) is 2. The number of halogens is 3. The Labute approximate surface area is 86.6 Å². The van der Waals surface area contributed by atoms with E-state index in [2.05, 4.69) is 5.32 Å². The summed E-state index contributed by atoms with van der Waals surface area (Å²) in [5, 5.41) is 3.07.